The highest BCUT2D eigenvalue weighted by Gasteiger charge is 2.44. The second-order valence-electron chi connectivity index (χ2n) is 20.9. The van der Waals surface area contributed by atoms with Gasteiger partial charge in [0, 0.05) is 50.5 Å². The Hall–Kier alpha value is -6.00. The lowest BCUT2D eigenvalue weighted by atomic mass is 9.33. The molecule has 0 N–H and O–H groups in total. The summed E-state index contributed by atoms with van der Waals surface area (Å²) >= 11 is 0. The minimum absolute atomic E-state index is 0.00696. The highest BCUT2D eigenvalue weighted by atomic mass is 16.3. The summed E-state index contributed by atoms with van der Waals surface area (Å²) in [5, 5.41) is 2.29. The Balaban J connectivity index is 1.23. The molecule has 10 rings (SSSR count). The van der Waals surface area contributed by atoms with Crippen molar-refractivity contribution >= 4 is 79.2 Å². The fraction of sp³-hybridized carbons (Fsp3) is 0.263. The van der Waals surface area contributed by atoms with Gasteiger partial charge in [0.25, 0.3) is 6.71 Å². The van der Waals surface area contributed by atoms with Crippen molar-refractivity contribution in [2.75, 3.05) is 9.80 Å². The van der Waals surface area contributed by atoms with Crippen LogP contribution in [-0.2, 0) is 16.2 Å². The normalized spacial score (nSPS) is 13.9. The molecule has 1 aromatic heterocycles. The number of rotatable bonds is 4. The first kappa shape index (κ1) is 39.2. The van der Waals surface area contributed by atoms with Gasteiger partial charge in [-0.15, -0.1) is 0 Å². The van der Waals surface area contributed by atoms with E-state index in [-0.39, 0.29) is 23.0 Å². The van der Waals surface area contributed by atoms with Gasteiger partial charge in [0.2, 0.25) is 0 Å². The van der Waals surface area contributed by atoms with E-state index in [1.54, 1.807) is 0 Å². The lowest BCUT2D eigenvalue weighted by Crippen LogP contribution is -2.61. The van der Waals surface area contributed by atoms with Gasteiger partial charge in [0.05, 0.1) is 0 Å². The van der Waals surface area contributed by atoms with Crippen LogP contribution in [0.4, 0.5) is 34.1 Å². The fourth-order valence-corrected chi connectivity index (χ4v) is 9.71. The molecule has 2 aliphatic rings. The van der Waals surface area contributed by atoms with Crippen molar-refractivity contribution in [2.24, 2.45) is 0 Å². The molecule has 0 fully saturated rings. The highest BCUT2D eigenvalue weighted by molar-refractivity contribution is 7.00. The molecule has 3 heterocycles. The Bertz CT molecular complexity index is 3000. The summed E-state index contributed by atoms with van der Waals surface area (Å²) in [6.07, 6.45) is 0. The summed E-state index contributed by atoms with van der Waals surface area (Å²) < 4.78 is 6.51. The Morgan fingerprint density at radius 1 is 0.475 bits per heavy atom. The van der Waals surface area contributed by atoms with Crippen molar-refractivity contribution < 1.29 is 4.42 Å². The largest absolute Gasteiger partial charge is 0.455 e. The van der Waals surface area contributed by atoms with Crippen molar-refractivity contribution in [3.63, 3.8) is 0 Å². The minimum Gasteiger partial charge on any atom is -0.455 e. The van der Waals surface area contributed by atoms with Crippen LogP contribution < -0.4 is 26.2 Å². The molecule has 0 atom stereocenters. The molecule has 0 radical (unpaired) electrons. The smallest absolute Gasteiger partial charge is 0.252 e. The summed E-state index contributed by atoms with van der Waals surface area (Å²) in [4.78, 5) is 5.13. The van der Waals surface area contributed by atoms with E-state index in [0.29, 0.717) is 5.92 Å². The molecule has 7 aromatic carbocycles. The predicted molar refractivity (Wildman–Crippen MR) is 263 cm³/mol. The van der Waals surface area contributed by atoms with E-state index >= 15 is 0 Å². The van der Waals surface area contributed by atoms with Crippen LogP contribution in [0.15, 0.2) is 144 Å². The third kappa shape index (κ3) is 6.41. The first-order valence-electron chi connectivity index (χ1n) is 22.2. The van der Waals surface area contributed by atoms with Gasteiger partial charge < -0.3 is 14.2 Å². The van der Waals surface area contributed by atoms with Gasteiger partial charge in [-0.3, -0.25) is 0 Å². The van der Waals surface area contributed by atoms with Crippen LogP contribution in [0.5, 0.6) is 0 Å². The van der Waals surface area contributed by atoms with Gasteiger partial charge in [0.15, 0.2) is 0 Å². The molecule has 0 aliphatic carbocycles. The minimum atomic E-state index is -0.0247. The highest BCUT2D eigenvalue weighted by Crippen LogP contribution is 2.47. The van der Waals surface area contributed by atoms with Crippen molar-refractivity contribution in [3.05, 3.63) is 162 Å². The maximum Gasteiger partial charge on any atom is 0.252 e. The molecule has 61 heavy (non-hydrogen) atoms. The van der Waals surface area contributed by atoms with Crippen LogP contribution in [0.2, 0.25) is 0 Å². The van der Waals surface area contributed by atoms with E-state index in [0.717, 1.165) is 38.8 Å². The average Bonchev–Trinajstić information content (AvgIpc) is 3.61. The van der Waals surface area contributed by atoms with Gasteiger partial charge in [-0.25, -0.2) is 0 Å². The first-order chi connectivity index (χ1) is 29.0. The Kier molecular flexibility index (Phi) is 8.83. The first-order valence-corrected chi connectivity index (χ1v) is 22.2. The van der Waals surface area contributed by atoms with Crippen molar-refractivity contribution in [3.8, 4) is 11.1 Å². The van der Waals surface area contributed by atoms with Gasteiger partial charge >= 0.3 is 0 Å². The summed E-state index contributed by atoms with van der Waals surface area (Å²) in [6.45, 7) is 25.6. The third-order valence-corrected chi connectivity index (χ3v) is 13.3. The van der Waals surface area contributed by atoms with E-state index in [1.807, 2.05) is 6.07 Å². The SMILES string of the molecule is CC(C)c1cc2c3c(c1)N(c1ccc(C(C)(C)C)cc1)c1cc(C(C)(C)C)ccc1B3c1ccc(C(C)(C)C)cc1N2c1ccc(-c2cccc3c2oc2ccccc23)cc1. The molecule has 8 aromatic rings. The predicted octanol–water partition coefficient (Wildman–Crippen LogP) is 14.4. The fourth-order valence-electron chi connectivity index (χ4n) is 9.71. The number of benzene rings is 7. The molecule has 0 spiro atoms. The van der Waals surface area contributed by atoms with Crippen LogP contribution in [-0.4, -0.2) is 6.71 Å². The second-order valence-corrected chi connectivity index (χ2v) is 20.9. The van der Waals surface area contributed by atoms with E-state index in [2.05, 4.69) is 219 Å². The van der Waals surface area contributed by atoms with E-state index in [9.17, 15) is 0 Å². The number of anilines is 6. The van der Waals surface area contributed by atoms with Crippen molar-refractivity contribution in [1.82, 2.24) is 0 Å². The van der Waals surface area contributed by atoms with E-state index in [4.69, 9.17) is 4.42 Å². The van der Waals surface area contributed by atoms with Crippen LogP contribution in [0.3, 0.4) is 0 Å². The molecular weight excluding hydrogens is 739 g/mol. The maximum absolute atomic E-state index is 6.51. The lowest BCUT2D eigenvalue weighted by Gasteiger charge is -2.45. The van der Waals surface area contributed by atoms with E-state index in [1.165, 1.54) is 67.1 Å². The zero-order valence-electron chi connectivity index (χ0n) is 37.7. The molecule has 0 saturated heterocycles. The topological polar surface area (TPSA) is 19.6 Å². The standard InChI is InChI=1S/C57H57BN2O/c1-35(2)37-31-50-53-51(32-37)60(42-27-21-38(22-28-42)55(3,4)5)49-34-40(57(9,10)11)24-30-47(49)58(53)46-29-23-39(56(6,7)8)33-48(46)59(50)41-25-19-36(20-26-41)43-16-14-17-45-44-15-12-13-18-52(44)61-54(43)45/h12-35H,1-11H3. The number of furan rings is 1. The van der Waals surface area contributed by atoms with Gasteiger partial charge in [0.1, 0.15) is 11.2 Å². The van der Waals surface area contributed by atoms with Crippen LogP contribution in [0, 0.1) is 0 Å². The zero-order valence-corrected chi connectivity index (χ0v) is 37.7. The van der Waals surface area contributed by atoms with Gasteiger partial charge in [-0.1, -0.05) is 161 Å². The van der Waals surface area contributed by atoms with Gasteiger partial charge in [-0.05, 0) is 121 Å². The Labute approximate surface area is 363 Å². The molecule has 304 valence electrons. The number of para-hydroxylation sites is 2. The van der Waals surface area contributed by atoms with Crippen LogP contribution in [0.1, 0.15) is 104 Å². The molecule has 0 bridgehead atoms. The molecule has 0 amide bonds. The van der Waals surface area contributed by atoms with E-state index < -0.39 is 0 Å². The maximum atomic E-state index is 6.51. The second kappa shape index (κ2) is 13.8. The summed E-state index contributed by atoms with van der Waals surface area (Å²) in [6, 6.07) is 52.9. The molecule has 0 unspecified atom stereocenters. The number of hydrogen-bond donors (Lipinski definition) is 0. The van der Waals surface area contributed by atoms with Crippen molar-refractivity contribution in [1.29, 1.82) is 0 Å². The number of hydrogen-bond acceptors (Lipinski definition) is 3. The monoisotopic (exact) mass is 796 g/mol. The number of fused-ring (bicyclic) bond motifs is 7. The quantitative estimate of drug-likeness (QED) is 0.165. The third-order valence-electron chi connectivity index (χ3n) is 13.3. The number of nitrogens with zero attached hydrogens (tertiary/aromatic N) is 2. The Morgan fingerprint density at radius 3 is 1.49 bits per heavy atom. The van der Waals surface area contributed by atoms with Crippen LogP contribution >= 0.6 is 0 Å². The molecule has 3 nitrogen and oxygen atoms in total. The molecule has 4 heteroatoms. The summed E-state index contributed by atoms with van der Waals surface area (Å²) in [7, 11) is 0. The molecule has 0 saturated carbocycles. The Morgan fingerprint density at radius 2 is 0.967 bits per heavy atom. The average molecular weight is 797 g/mol. The summed E-state index contributed by atoms with van der Waals surface area (Å²) in [5.41, 5.74) is 20.8. The summed E-state index contributed by atoms with van der Waals surface area (Å²) in [5.74, 6) is 0.322. The van der Waals surface area contributed by atoms with Crippen LogP contribution in [0.25, 0.3) is 33.1 Å². The van der Waals surface area contributed by atoms with Crippen molar-refractivity contribution in [2.45, 2.75) is 98.3 Å². The molecule has 2 aliphatic heterocycles. The molecular formula is C57H57BN2O. The lowest BCUT2D eigenvalue weighted by molar-refractivity contribution is 0.590. The van der Waals surface area contributed by atoms with Gasteiger partial charge in [-0.2, -0.15) is 0 Å². The zero-order chi connectivity index (χ0) is 42.7.